The summed E-state index contributed by atoms with van der Waals surface area (Å²) in [5, 5.41) is 1.24. The fourth-order valence-corrected chi connectivity index (χ4v) is 11.4. The van der Waals surface area contributed by atoms with E-state index in [-0.39, 0.29) is 0 Å². The summed E-state index contributed by atoms with van der Waals surface area (Å²) in [6, 6.07) is 39.6. The normalized spacial score (nSPS) is 19.4. The Morgan fingerprint density at radius 2 is 1.18 bits per heavy atom. The van der Waals surface area contributed by atoms with Crippen LogP contribution in [0.5, 0.6) is 5.75 Å². The summed E-state index contributed by atoms with van der Waals surface area (Å²) in [5.41, 5.74) is 21.1. The molecule has 0 fully saturated rings. The summed E-state index contributed by atoms with van der Waals surface area (Å²) in [7, 11) is 0. The highest BCUT2D eigenvalue weighted by molar-refractivity contribution is 5.97. The van der Waals surface area contributed by atoms with E-state index in [1.807, 2.05) is 0 Å². The first-order valence-electron chi connectivity index (χ1n) is 23.3. The maximum Gasteiger partial charge on any atom is 0.366 e. The van der Waals surface area contributed by atoms with Gasteiger partial charge in [0.1, 0.15) is 11.5 Å². The Morgan fingerprint density at radius 3 is 1.90 bits per heavy atom. The van der Waals surface area contributed by atoms with Crippen molar-refractivity contribution >= 4 is 45.3 Å². The predicted molar refractivity (Wildman–Crippen MR) is 258 cm³/mol. The zero-order chi connectivity index (χ0) is 41.0. The van der Waals surface area contributed by atoms with Gasteiger partial charge in [0.25, 0.3) is 0 Å². The van der Waals surface area contributed by atoms with Crippen molar-refractivity contribution in [3.63, 3.8) is 0 Å². The number of hydrogen-bond acceptors (Lipinski definition) is 3. The summed E-state index contributed by atoms with van der Waals surface area (Å²) < 4.78 is 13.9. The lowest BCUT2D eigenvalue weighted by molar-refractivity contribution is 0.494. The number of allylic oxidation sites excluding steroid dienone is 8. The van der Waals surface area contributed by atoms with Gasteiger partial charge in [-0.25, -0.2) is 4.42 Å². The SMILES string of the molecule is C1=C(c2ccccc2)Oc2c(cc3c4c2CCCN4CCC3)/C1=C/C=C1\CCCC(/C=C/c2cc(-c3ccccc3)[o+]c3c4c5c(cc23)CCCN5CCC4)=C1c1ccccc1. The van der Waals surface area contributed by atoms with Crippen LogP contribution in [0, 0.1) is 0 Å². The molecule has 5 aromatic carbocycles. The molecule has 306 valence electrons. The lowest BCUT2D eigenvalue weighted by atomic mass is 9.82. The van der Waals surface area contributed by atoms with Crippen LogP contribution in [0.25, 0.3) is 45.3 Å². The molecule has 0 spiro atoms. The molecule has 1 aromatic heterocycles. The van der Waals surface area contributed by atoms with Gasteiger partial charge in [-0.15, -0.1) is 0 Å². The third-order valence-electron chi connectivity index (χ3n) is 14.2. The molecule has 1 aliphatic carbocycles. The number of benzene rings is 5. The van der Waals surface area contributed by atoms with Gasteiger partial charge in [0.05, 0.1) is 28.3 Å². The van der Waals surface area contributed by atoms with E-state index in [9.17, 15) is 0 Å². The summed E-state index contributed by atoms with van der Waals surface area (Å²) in [6.07, 6.45) is 24.3. The second-order valence-corrected chi connectivity index (χ2v) is 18.0. The average molecular weight is 810 g/mol. The molecule has 0 radical (unpaired) electrons. The predicted octanol–water partition coefficient (Wildman–Crippen LogP) is 13.9. The zero-order valence-electron chi connectivity index (χ0n) is 35.6. The molecule has 4 heteroatoms. The minimum atomic E-state index is 0.929. The minimum absolute atomic E-state index is 0.929. The van der Waals surface area contributed by atoms with Gasteiger partial charge in [-0.2, -0.15) is 0 Å². The van der Waals surface area contributed by atoms with Crippen LogP contribution in [0.4, 0.5) is 11.4 Å². The van der Waals surface area contributed by atoms with Crippen molar-refractivity contribution < 1.29 is 9.15 Å². The Hall–Kier alpha value is -6.39. The molecular formula is C58H53N2O2+. The Balaban J connectivity index is 1.01. The molecule has 0 atom stereocenters. The molecule has 12 rings (SSSR count). The van der Waals surface area contributed by atoms with E-state index < -0.39 is 0 Å². The Kier molecular flexibility index (Phi) is 9.54. The fourth-order valence-electron chi connectivity index (χ4n) is 11.4. The first kappa shape index (κ1) is 37.4. The van der Waals surface area contributed by atoms with Crippen molar-refractivity contribution in [2.75, 3.05) is 36.0 Å². The van der Waals surface area contributed by atoms with Crippen LogP contribution in [0.15, 0.2) is 149 Å². The van der Waals surface area contributed by atoms with Crippen LogP contribution in [-0.4, -0.2) is 26.2 Å². The van der Waals surface area contributed by atoms with Crippen LogP contribution < -0.4 is 14.5 Å². The molecule has 0 N–H and O–H groups in total. The third kappa shape index (κ3) is 6.63. The lowest BCUT2D eigenvalue weighted by Gasteiger charge is -2.39. The smallest absolute Gasteiger partial charge is 0.366 e. The number of aryl methyl sites for hydroxylation is 3. The molecule has 6 aromatic rings. The topological polar surface area (TPSA) is 27.0 Å². The van der Waals surface area contributed by atoms with E-state index in [1.54, 1.807) is 0 Å². The van der Waals surface area contributed by atoms with Gasteiger partial charge in [-0.1, -0.05) is 103 Å². The van der Waals surface area contributed by atoms with Gasteiger partial charge < -0.3 is 14.5 Å². The van der Waals surface area contributed by atoms with Gasteiger partial charge in [-0.05, 0) is 140 Å². The first-order valence-corrected chi connectivity index (χ1v) is 23.3. The van der Waals surface area contributed by atoms with Gasteiger partial charge in [-0.3, -0.25) is 0 Å². The van der Waals surface area contributed by atoms with Crippen LogP contribution in [0.2, 0.25) is 0 Å². The first-order chi connectivity index (χ1) is 30.7. The van der Waals surface area contributed by atoms with E-state index in [2.05, 4.69) is 149 Å². The van der Waals surface area contributed by atoms with Crippen molar-refractivity contribution in [1.82, 2.24) is 0 Å². The molecule has 5 aliphatic heterocycles. The van der Waals surface area contributed by atoms with Crippen LogP contribution in [-0.2, 0) is 25.7 Å². The number of anilines is 2. The summed E-state index contributed by atoms with van der Waals surface area (Å²) in [6.45, 7) is 4.58. The number of ether oxygens (including phenoxy) is 1. The van der Waals surface area contributed by atoms with Crippen molar-refractivity contribution in [3.8, 4) is 17.1 Å². The largest absolute Gasteiger partial charge is 0.456 e. The molecule has 0 saturated heterocycles. The number of rotatable bonds is 6. The molecule has 0 bridgehead atoms. The van der Waals surface area contributed by atoms with Crippen molar-refractivity contribution in [1.29, 1.82) is 0 Å². The highest BCUT2D eigenvalue weighted by Crippen LogP contribution is 2.49. The van der Waals surface area contributed by atoms with E-state index in [1.165, 1.54) is 104 Å². The second kappa shape index (κ2) is 15.8. The van der Waals surface area contributed by atoms with Gasteiger partial charge in [0.2, 0.25) is 0 Å². The standard InChI is InChI=1S/C58H53N2O2/c1-4-15-39(16-5-1)52-37-44(50-35-46-23-11-31-59-33-13-25-48(55(46)59)57(50)61-52)29-27-42-21-10-22-43(54(42)41-19-8-3-9-20-41)28-30-45-38-53(40-17-6-2-7-18-40)62-58-49-26-14-34-60-32-12-24-47(56(49)60)36-51(45)58/h1-9,15-20,27-30,35-38H,10-14,21-26,31-34H2/q+1. The maximum absolute atomic E-state index is 6.96. The molecule has 62 heavy (non-hydrogen) atoms. The highest BCUT2D eigenvalue weighted by Gasteiger charge is 2.34. The highest BCUT2D eigenvalue weighted by atomic mass is 16.5. The minimum Gasteiger partial charge on any atom is -0.456 e. The summed E-state index contributed by atoms with van der Waals surface area (Å²) in [4.78, 5) is 5.24. The molecule has 0 unspecified atom stereocenters. The molecule has 6 heterocycles. The quantitative estimate of drug-likeness (QED) is 0.157. The van der Waals surface area contributed by atoms with Crippen LogP contribution >= 0.6 is 0 Å². The third-order valence-corrected chi connectivity index (χ3v) is 14.2. The summed E-state index contributed by atoms with van der Waals surface area (Å²) in [5.74, 6) is 2.92. The number of fused-ring (bicyclic) bond motifs is 4. The zero-order valence-corrected chi connectivity index (χ0v) is 35.6. The van der Waals surface area contributed by atoms with E-state index in [4.69, 9.17) is 9.15 Å². The van der Waals surface area contributed by atoms with E-state index >= 15 is 0 Å². The molecule has 4 nitrogen and oxygen atoms in total. The fraction of sp³-hybridized carbons (Fsp3) is 0.259. The van der Waals surface area contributed by atoms with Crippen molar-refractivity contribution in [3.05, 3.63) is 189 Å². The molecule has 6 aliphatic rings. The van der Waals surface area contributed by atoms with Gasteiger partial charge in [0.15, 0.2) is 0 Å². The van der Waals surface area contributed by atoms with Crippen molar-refractivity contribution in [2.24, 2.45) is 0 Å². The maximum atomic E-state index is 6.96. The lowest BCUT2D eigenvalue weighted by Crippen LogP contribution is -2.35. The molecule has 0 saturated carbocycles. The Morgan fingerprint density at radius 1 is 0.548 bits per heavy atom. The number of hydrogen-bond donors (Lipinski definition) is 0. The molecule has 0 amide bonds. The van der Waals surface area contributed by atoms with Crippen LogP contribution in [0.3, 0.4) is 0 Å². The van der Waals surface area contributed by atoms with Gasteiger partial charge in [0, 0.05) is 54.1 Å². The van der Waals surface area contributed by atoms with Crippen LogP contribution in [0.1, 0.15) is 89.5 Å². The second-order valence-electron chi connectivity index (χ2n) is 18.0. The Bertz CT molecular complexity index is 2900. The number of nitrogens with zero attached hydrogens (tertiary/aromatic N) is 2. The van der Waals surface area contributed by atoms with Gasteiger partial charge >= 0.3 is 11.3 Å². The molecular weight excluding hydrogens is 757 g/mol. The van der Waals surface area contributed by atoms with E-state index in [0.29, 0.717) is 0 Å². The van der Waals surface area contributed by atoms with Crippen molar-refractivity contribution in [2.45, 2.75) is 70.6 Å². The Labute approximate surface area is 365 Å². The van der Waals surface area contributed by atoms with E-state index in [0.717, 1.165) is 105 Å². The summed E-state index contributed by atoms with van der Waals surface area (Å²) >= 11 is 0. The average Bonchev–Trinajstić information content (AvgIpc) is 3.34. The monoisotopic (exact) mass is 809 g/mol.